The van der Waals surface area contributed by atoms with Crippen molar-refractivity contribution in [3.63, 3.8) is 0 Å². The highest BCUT2D eigenvalue weighted by Crippen LogP contribution is 2.40. The van der Waals surface area contributed by atoms with Crippen LogP contribution in [0.3, 0.4) is 0 Å². The van der Waals surface area contributed by atoms with Crippen molar-refractivity contribution < 1.29 is 19.0 Å². The number of carbonyl (C=O) groups excluding carboxylic acids is 1. The van der Waals surface area contributed by atoms with E-state index in [-0.39, 0.29) is 11.5 Å². The summed E-state index contributed by atoms with van der Waals surface area (Å²) in [5.41, 5.74) is 2.07. The summed E-state index contributed by atoms with van der Waals surface area (Å²) in [5, 5.41) is 4.89. The molecule has 194 valence electrons. The molecule has 10 heteroatoms. The second kappa shape index (κ2) is 10.7. The van der Waals surface area contributed by atoms with Gasteiger partial charge >= 0.3 is 0 Å². The molecule has 38 heavy (non-hydrogen) atoms. The predicted molar refractivity (Wildman–Crippen MR) is 149 cm³/mol. The summed E-state index contributed by atoms with van der Waals surface area (Å²) in [6, 6.07) is 16.0. The third kappa shape index (κ3) is 4.52. The van der Waals surface area contributed by atoms with E-state index in [9.17, 15) is 9.59 Å². The summed E-state index contributed by atoms with van der Waals surface area (Å²) in [5.74, 6) is 1.10. The van der Waals surface area contributed by atoms with E-state index in [0.29, 0.717) is 49.1 Å². The normalized spacial score (nSPS) is 15.1. The fraction of sp³-hybridized carbons (Fsp3) is 0.179. The van der Waals surface area contributed by atoms with Gasteiger partial charge in [-0.05, 0) is 48.7 Å². The summed E-state index contributed by atoms with van der Waals surface area (Å²) in [7, 11) is 4.62. The van der Waals surface area contributed by atoms with Crippen LogP contribution in [0.2, 0.25) is 0 Å². The largest absolute Gasteiger partial charge is 0.493 e. The van der Waals surface area contributed by atoms with Crippen LogP contribution in [-0.2, 0) is 4.79 Å². The van der Waals surface area contributed by atoms with Crippen LogP contribution in [0.15, 0.2) is 81.0 Å². The topological polar surface area (TPSA) is 91.2 Å². The number of hydrogen-bond acceptors (Lipinski definition) is 8. The smallest absolute Gasteiger partial charge is 0.271 e. The molecule has 0 fully saturated rings. The monoisotopic (exact) mass is 547 g/mol. The number of amides is 1. The molecule has 3 heterocycles. The Morgan fingerprint density at radius 1 is 1.00 bits per heavy atom. The Bertz CT molecular complexity index is 1700. The molecule has 2 aromatic heterocycles. The van der Waals surface area contributed by atoms with Gasteiger partial charge in [-0.25, -0.2) is 4.99 Å². The maximum absolute atomic E-state index is 13.9. The van der Waals surface area contributed by atoms with Crippen molar-refractivity contribution in [2.24, 2.45) is 4.99 Å². The molecule has 1 amide bonds. The molecule has 5 rings (SSSR count). The number of rotatable bonds is 7. The van der Waals surface area contributed by atoms with Crippen LogP contribution >= 0.6 is 22.7 Å². The number of ether oxygens (including phenoxy) is 3. The molecule has 1 N–H and O–H groups in total. The number of fused-ring (bicyclic) bond motifs is 1. The van der Waals surface area contributed by atoms with Gasteiger partial charge < -0.3 is 19.5 Å². The number of thiophene rings is 1. The second-order valence-electron chi connectivity index (χ2n) is 8.34. The quantitative estimate of drug-likeness (QED) is 0.378. The van der Waals surface area contributed by atoms with E-state index in [1.807, 2.05) is 47.8 Å². The molecule has 1 atom stereocenters. The van der Waals surface area contributed by atoms with Gasteiger partial charge in [0.2, 0.25) is 5.75 Å². The number of aromatic nitrogens is 1. The number of nitrogens with one attached hydrogen (secondary N) is 1. The number of hydrogen-bond donors (Lipinski definition) is 1. The SMILES string of the molecule is COc1ccc(/C=c2/sc3n(c2=O)C(c2cccs2)C(C(=O)Nc2ccccc2)=C(C)N=3)c(OC)c1OC. The zero-order valence-corrected chi connectivity index (χ0v) is 22.8. The van der Waals surface area contributed by atoms with Crippen molar-refractivity contribution in [3.8, 4) is 17.2 Å². The van der Waals surface area contributed by atoms with Gasteiger partial charge in [0.15, 0.2) is 16.3 Å². The number of carbonyl (C=O) groups is 1. The Morgan fingerprint density at radius 2 is 1.76 bits per heavy atom. The molecule has 0 aliphatic carbocycles. The molecule has 0 radical (unpaired) electrons. The third-order valence-corrected chi connectivity index (χ3v) is 8.04. The summed E-state index contributed by atoms with van der Waals surface area (Å²) in [4.78, 5) is 33.5. The minimum atomic E-state index is -0.607. The highest BCUT2D eigenvalue weighted by atomic mass is 32.1. The number of para-hydroxylation sites is 1. The molecule has 1 unspecified atom stereocenters. The van der Waals surface area contributed by atoms with Crippen molar-refractivity contribution in [1.29, 1.82) is 0 Å². The van der Waals surface area contributed by atoms with Crippen LogP contribution in [0.4, 0.5) is 5.69 Å². The fourth-order valence-corrected chi connectivity index (χ4v) is 6.29. The van der Waals surface area contributed by atoms with Crippen LogP contribution in [0, 0.1) is 0 Å². The van der Waals surface area contributed by atoms with E-state index in [1.165, 1.54) is 36.9 Å². The lowest BCUT2D eigenvalue weighted by Gasteiger charge is -2.24. The first kappa shape index (κ1) is 25.5. The van der Waals surface area contributed by atoms with Crippen molar-refractivity contribution in [2.75, 3.05) is 26.6 Å². The molecule has 4 aromatic rings. The van der Waals surface area contributed by atoms with Gasteiger partial charge in [-0.2, -0.15) is 0 Å². The Kier molecular flexibility index (Phi) is 7.17. The van der Waals surface area contributed by atoms with E-state index in [0.717, 1.165) is 4.88 Å². The Balaban J connectivity index is 1.66. The summed E-state index contributed by atoms with van der Waals surface area (Å²) in [6.07, 6.45) is 1.75. The van der Waals surface area contributed by atoms with Gasteiger partial charge in [-0.1, -0.05) is 35.6 Å². The summed E-state index contributed by atoms with van der Waals surface area (Å²) in [6.45, 7) is 1.80. The molecular formula is C28H25N3O5S2. The molecule has 0 spiro atoms. The number of anilines is 1. The van der Waals surface area contributed by atoms with Crippen molar-refractivity contribution in [1.82, 2.24) is 4.57 Å². The lowest BCUT2D eigenvalue weighted by molar-refractivity contribution is -0.113. The minimum Gasteiger partial charge on any atom is -0.493 e. The number of methoxy groups -OCH3 is 3. The number of nitrogens with zero attached hydrogens (tertiary/aromatic N) is 2. The number of benzene rings is 2. The average molecular weight is 548 g/mol. The van der Waals surface area contributed by atoms with Gasteiger partial charge in [0.25, 0.3) is 11.5 Å². The van der Waals surface area contributed by atoms with Gasteiger partial charge in [-0.3, -0.25) is 14.2 Å². The van der Waals surface area contributed by atoms with Crippen LogP contribution in [0.25, 0.3) is 6.08 Å². The summed E-state index contributed by atoms with van der Waals surface area (Å²) >= 11 is 2.75. The Labute approximate surface area is 226 Å². The zero-order chi connectivity index (χ0) is 26.8. The van der Waals surface area contributed by atoms with E-state index in [4.69, 9.17) is 14.2 Å². The predicted octanol–water partition coefficient (Wildman–Crippen LogP) is 3.96. The third-order valence-electron chi connectivity index (χ3n) is 6.13. The van der Waals surface area contributed by atoms with E-state index in [2.05, 4.69) is 10.3 Å². The van der Waals surface area contributed by atoms with Crippen molar-refractivity contribution in [2.45, 2.75) is 13.0 Å². The molecule has 0 saturated heterocycles. The van der Waals surface area contributed by atoms with Gasteiger partial charge in [0.05, 0.1) is 37.1 Å². The van der Waals surface area contributed by atoms with Crippen LogP contribution in [0.5, 0.6) is 17.2 Å². The van der Waals surface area contributed by atoms with E-state index >= 15 is 0 Å². The molecule has 0 saturated carbocycles. The Hall–Kier alpha value is -4.15. The Morgan fingerprint density at radius 3 is 2.42 bits per heavy atom. The molecule has 1 aliphatic rings. The fourth-order valence-electron chi connectivity index (χ4n) is 4.43. The lowest BCUT2D eigenvalue weighted by atomic mass is 10.0. The van der Waals surface area contributed by atoms with E-state index < -0.39 is 6.04 Å². The van der Waals surface area contributed by atoms with E-state index in [1.54, 1.807) is 36.8 Å². The minimum absolute atomic E-state index is 0.249. The van der Waals surface area contributed by atoms with Crippen LogP contribution in [-0.4, -0.2) is 31.8 Å². The average Bonchev–Trinajstić information content (AvgIpc) is 3.56. The molecule has 1 aliphatic heterocycles. The highest BCUT2D eigenvalue weighted by Gasteiger charge is 2.33. The second-order valence-corrected chi connectivity index (χ2v) is 10.3. The number of thiazole rings is 1. The van der Waals surface area contributed by atoms with Gasteiger partial charge in [0.1, 0.15) is 6.04 Å². The number of allylic oxidation sites excluding steroid dienone is 1. The molecule has 2 aromatic carbocycles. The summed E-state index contributed by atoms with van der Waals surface area (Å²) < 4.78 is 18.5. The van der Waals surface area contributed by atoms with Crippen molar-refractivity contribution >= 4 is 40.3 Å². The molecule has 0 bridgehead atoms. The lowest BCUT2D eigenvalue weighted by Crippen LogP contribution is -2.40. The first-order valence-corrected chi connectivity index (χ1v) is 13.4. The highest BCUT2D eigenvalue weighted by molar-refractivity contribution is 7.10. The van der Waals surface area contributed by atoms with Crippen LogP contribution in [0.1, 0.15) is 23.4 Å². The molecule has 8 nitrogen and oxygen atoms in total. The molecular weight excluding hydrogens is 522 g/mol. The zero-order valence-electron chi connectivity index (χ0n) is 21.2. The maximum atomic E-state index is 13.9. The first-order chi connectivity index (χ1) is 18.5. The van der Waals surface area contributed by atoms with Gasteiger partial charge in [-0.15, -0.1) is 11.3 Å². The van der Waals surface area contributed by atoms with Crippen molar-refractivity contribution in [3.05, 3.63) is 101 Å². The first-order valence-electron chi connectivity index (χ1n) is 11.7. The maximum Gasteiger partial charge on any atom is 0.271 e. The standard InChI is InChI=1S/C28H25N3O5S2/c1-16-22(26(32)30-18-9-6-5-7-10-18)23(20-11-8-14-37-20)31-27(33)21(38-28(31)29-16)15-17-12-13-19(34-2)25(36-4)24(17)35-3/h5-15,23H,1-4H3,(H,30,32)/b21-15+. The van der Waals surface area contributed by atoms with Gasteiger partial charge in [0, 0.05) is 16.1 Å². The van der Waals surface area contributed by atoms with Crippen LogP contribution < -0.4 is 34.4 Å².